The second-order valence-electron chi connectivity index (χ2n) is 5.85. The standard InChI is InChI=1S/C17H22N2O3S/c1-22-16-8-6-11-18(14-16)13-15-7-5-12-19(15)23(20,21)17-9-3-2-4-10-17/h2-5,7,9-10,12,16H,6,8,11,13-14H2,1H3. The van der Waals surface area contributed by atoms with Gasteiger partial charge in [0.25, 0.3) is 10.0 Å². The third-order valence-electron chi connectivity index (χ3n) is 4.27. The van der Waals surface area contributed by atoms with Crippen molar-refractivity contribution in [1.29, 1.82) is 0 Å². The van der Waals surface area contributed by atoms with Gasteiger partial charge in [0, 0.05) is 32.1 Å². The smallest absolute Gasteiger partial charge is 0.267 e. The van der Waals surface area contributed by atoms with Crippen molar-refractivity contribution in [3.05, 3.63) is 54.4 Å². The Morgan fingerprint density at radius 1 is 1.17 bits per heavy atom. The Morgan fingerprint density at radius 3 is 2.70 bits per heavy atom. The average molecular weight is 334 g/mol. The molecule has 1 aliphatic heterocycles. The van der Waals surface area contributed by atoms with Crippen molar-refractivity contribution >= 4 is 10.0 Å². The molecule has 23 heavy (non-hydrogen) atoms. The van der Waals surface area contributed by atoms with Crippen LogP contribution >= 0.6 is 0 Å². The zero-order valence-corrected chi connectivity index (χ0v) is 14.1. The quantitative estimate of drug-likeness (QED) is 0.842. The average Bonchev–Trinajstić information content (AvgIpc) is 3.05. The van der Waals surface area contributed by atoms with Crippen LogP contribution in [-0.2, 0) is 21.3 Å². The first-order chi connectivity index (χ1) is 11.1. The molecule has 124 valence electrons. The van der Waals surface area contributed by atoms with Gasteiger partial charge in [-0.05, 0) is 43.7 Å². The van der Waals surface area contributed by atoms with Gasteiger partial charge in [0.2, 0.25) is 0 Å². The molecule has 1 aromatic carbocycles. The Morgan fingerprint density at radius 2 is 1.96 bits per heavy atom. The van der Waals surface area contributed by atoms with E-state index in [4.69, 9.17) is 4.74 Å². The molecule has 1 fully saturated rings. The summed E-state index contributed by atoms with van der Waals surface area (Å²) >= 11 is 0. The maximum absolute atomic E-state index is 12.8. The molecule has 0 amide bonds. The third-order valence-corrected chi connectivity index (χ3v) is 6.02. The van der Waals surface area contributed by atoms with E-state index in [-0.39, 0.29) is 6.10 Å². The molecule has 0 radical (unpaired) electrons. The highest BCUT2D eigenvalue weighted by Crippen LogP contribution is 2.20. The SMILES string of the molecule is COC1CCCN(Cc2cccn2S(=O)(=O)c2ccccc2)C1. The van der Waals surface area contributed by atoms with Crippen molar-refractivity contribution in [2.45, 2.75) is 30.4 Å². The monoisotopic (exact) mass is 334 g/mol. The van der Waals surface area contributed by atoms with E-state index >= 15 is 0 Å². The summed E-state index contributed by atoms with van der Waals surface area (Å²) in [6.45, 7) is 2.42. The zero-order chi connectivity index (χ0) is 16.3. The highest BCUT2D eigenvalue weighted by Gasteiger charge is 2.23. The lowest BCUT2D eigenvalue weighted by atomic mass is 10.1. The first-order valence-corrected chi connectivity index (χ1v) is 9.27. The number of aromatic nitrogens is 1. The van der Waals surface area contributed by atoms with E-state index in [1.807, 2.05) is 12.1 Å². The van der Waals surface area contributed by atoms with Gasteiger partial charge >= 0.3 is 0 Å². The second kappa shape index (κ2) is 6.86. The lowest BCUT2D eigenvalue weighted by Crippen LogP contribution is -2.39. The third kappa shape index (κ3) is 3.49. The van der Waals surface area contributed by atoms with E-state index in [0.29, 0.717) is 11.4 Å². The van der Waals surface area contributed by atoms with Gasteiger partial charge in [0.1, 0.15) is 0 Å². The summed E-state index contributed by atoms with van der Waals surface area (Å²) in [6.07, 6.45) is 3.99. The Labute approximate surface area is 137 Å². The van der Waals surface area contributed by atoms with Crippen LogP contribution in [0.25, 0.3) is 0 Å². The maximum Gasteiger partial charge on any atom is 0.267 e. The van der Waals surface area contributed by atoms with Crippen molar-refractivity contribution in [2.75, 3.05) is 20.2 Å². The predicted octanol–water partition coefficient (Wildman–Crippen LogP) is 2.34. The molecular formula is C17H22N2O3S. The van der Waals surface area contributed by atoms with Gasteiger partial charge in [-0.2, -0.15) is 0 Å². The molecule has 2 aromatic rings. The minimum atomic E-state index is -3.54. The number of methoxy groups -OCH3 is 1. The molecule has 1 aliphatic rings. The number of hydrogen-bond donors (Lipinski definition) is 0. The van der Waals surface area contributed by atoms with Crippen LogP contribution in [0.4, 0.5) is 0 Å². The highest BCUT2D eigenvalue weighted by atomic mass is 32.2. The van der Waals surface area contributed by atoms with Gasteiger partial charge in [0.05, 0.1) is 11.0 Å². The van der Waals surface area contributed by atoms with Crippen molar-refractivity contribution in [3.63, 3.8) is 0 Å². The fraction of sp³-hybridized carbons (Fsp3) is 0.412. The van der Waals surface area contributed by atoms with Gasteiger partial charge in [-0.25, -0.2) is 12.4 Å². The Kier molecular flexibility index (Phi) is 4.84. The maximum atomic E-state index is 12.8. The number of ether oxygens (including phenoxy) is 1. The van der Waals surface area contributed by atoms with Crippen LogP contribution in [0.3, 0.4) is 0 Å². The normalized spacial score (nSPS) is 19.8. The first-order valence-electron chi connectivity index (χ1n) is 7.83. The number of rotatable bonds is 5. The zero-order valence-electron chi connectivity index (χ0n) is 13.3. The molecule has 0 aliphatic carbocycles. The van der Waals surface area contributed by atoms with Crippen LogP contribution in [0.2, 0.25) is 0 Å². The summed E-state index contributed by atoms with van der Waals surface area (Å²) in [5, 5.41) is 0. The van der Waals surface area contributed by atoms with Gasteiger partial charge in [-0.15, -0.1) is 0 Å². The summed E-state index contributed by atoms with van der Waals surface area (Å²) in [5.74, 6) is 0. The molecule has 0 N–H and O–H groups in total. The molecular weight excluding hydrogens is 312 g/mol. The van der Waals surface area contributed by atoms with Gasteiger partial charge in [-0.3, -0.25) is 4.90 Å². The molecule has 0 bridgehead atoms. The minimum Gasteiger partial charge on any atom is -0.380 e. The predicted molar refractivity (Wildman–Crippen MR) is 88.8 cm³/mol. The fourth-order valence-electron chi connectivity index (χ4n) is 3.04. The summed E-state index contributed by atoms with van der Waals surface area (Å²) < 4.78 is 32.4. The fourth-order valence-corrected chi connectivity index (χ4v) is 4.43. The summed E-state index contributed by atoms with van der Waals surface area (Å²) in [4.78, 5) is 2.56. The van der Waals surface area contributed by atoms with Crippen LogP contribution in [-0.4, -0.2) is 43.6 Å². The molecule has 2 heterocycles. The summed E-state index contributed by atoms with van der Waals surface area (Å²) in [5.41, 5.74) is 0.783. The van der Waals surface area contributed by atoms with Crippen LogP contribution in [0.1, 0.15) is 18.5 Å². The highest BCUT2D eigenvalue weighted by molar-refractivity contribution is 7.90. The van der Waals surface area contributed by atoms with Gasteiger partial charge < -0.3 is 4.74 Å². The Bertz CT molecular complexity index is 740. The van der Waals surface area contributed by atoms with Crippen LogP contribution < -0.4 is 0 Å². The molecule has 6 heteroatoms. The molecule has 0 spiro atoms. The van der Waals surface area contributed by atoms with Crippen LogP contribution in [0.15, 0.2) is 53.6 Å². The minimum absolute atomic E-state index is 0.234. The number of nitrogens with zero attached hydrogens (tertiary/aromatic N) is 2. The van der Waals surface area contributed by atoms with E-state index in [1.165, 1.54) is 3.97 Å². The lowest BCUT2D eigenvalue weighted by molar-refractivity contribution is 0.0281. The molecule has 5 nitrogen and oxygen atoms in total. The number of hydrogen-bond acceptors (Lipinski definition) is 4. The molecule has 0 saturated carbocycles. The van der Waals surface area contributed by atoms with E-state index in [1.54, 1.807) is 43.6 Å². The van der Waals surface area contributed by atoms with E-state index < -0.39 is 10.0 Å². The van der Waals surface area contributed by atoms with Crippen LogP contribution in [0.5, 0.6) is 0 Å². The van der Waals surface area contributed by atoms with E-state index in [9.17, 15) is 8.42 Å². The Hall–Kier alpha value is -1.63. The van der Waals surface area contributed by atoms with Gasteiger partial charge in [-0.1, -0.05) is 18.2 Å². The molecule has 1 atom stereocenters. The largest absolute Gasteiger partial charge is 0.380 e. The molecule has 1 aromatic heterocycles. The molecule has 3 rings (SSSR count). The Balaban J connectivity index is 1.83. The van der Waals surface area contributed by atoms with Crippen molar-refractivity contribution in [3.8, 4) is 0 Å². The van der Waals surface area contributed by atoms with Crippen molar-refractivity contribution in [2.24, 2.45) is 0 Å². The van der Waals surface area contributed by atoms with E-state index in [2.05, 4.69) is 4.90 Å². The topological polar surface area (TPSA) is 51.5 Å². The van der Waals surface area contributed by atoms with Crippen molar-refractivity contribution < 1.29 is 13.2 Å². The van der Waals surface area contributed by atoms with Gasteiger partial charge in [0.15, 0.2) is 0 Å². The van der Waals surface area contributed by atoms with E-state index in [0.717, 1.165) is 31.6 Å². The lowest BCUT2D eigenvalue weighted by Gasteiger charge is -2.31. The number of benzene rings is 1. The summed E-state index contributed by atoms with van der Waals surface area (Å²) in [7, 11) is -1.80. The molecule has 1 unspecified atom stereocenters. The first kappa shape index (κ1) is 16.2. The molecule has 1 saturated heterocycles. The second-order valence-corrected chi connectivity index (χ2v) is 7.66. The summed E-state index contributed by atoms with van der Waals surface area (Å²) in [6, 6.07) is 12.2. The number of likely N-dealkylation sites (tertiary alicyclic amines) is 1. The van der Waals surface area contributed by atoms with Crippen LogP contribution in [0, 0.1) is 0 Å². The van der Waals surface area contributed by atoms with Crippen molar-refractivity contribution in [1.82, 2.24) is 8.87 Å². The number of piperidine rings is 1.